The Labute approximate surface area is 116 Å². The van der Waals surface area contributed by atoms with E-state index < -0.39 is 0 Å². The largest absolute Gasteiger partial charge is 0.376 e. The quantitative estimate of drug-likeness (QED) is 0.585. The Kier molecular flexibility index (Phi) is 5.37. The summed E-state index contributed by atoms with van der Waals surface area (Å²) in [5.41, 5.74) is 5.59. The molecule has 106 valence electrons. The van der Waals surface area contributed by atoms with Crippen molar-refractivity contribution in [2.45, 2.75) is 57.6 Å². The molecule has 1 aliphatic carbocycles. The van der Waals surface area contributed by atoms with Gasteiger partial charge in [0.1, 0.15) is 0 Å². The smallest absolute Gasteiger partial charge is 0.0779 e. The van der Waals surface area contributed by atoms with Crippen LogP contribution in [-0.2, 0) is 4.74 Å². The monoisotopic (exact) mass is 262 g/mol. The molecule has 3 N–H and O–H groups in total. The van der Waals surface area contributed by atoms with Crippen molar-refractivity contribution in [3.8, 4) is 0 Å². The van der Waals surface area contributed by atoms with Crippen molar-refractivity contribution in [2.24, 2.45) is 5.84 Å². The minimum Gasteiger partial charge on any atom is -0.376 e. The number of hydrogen-bond donors (Lipinski definition) is 2. The molecule has 0 bridgehead atoms. The van der Waals surface area contributed by atoms with E-state index in [1.165, 1.54) is 30.4 Å². The summed E-state index contributed by atoms with van der Waals surface area (Å²) < 4.78 is 5.77. The molecule has 1 aromatic carbocycles. The molecule has 0 saturated heterocycles. The highest BCUT2D eigenvalue weighted by molar-refractivity contribution is 5.29. The average Bonchev–Trinajstić information content (AvgIpc) is 2.38. The fraction of sp³-hybridized carbons (Fsp3) is 0.625. The van der Waals surface area contributed by atoms with Crippen LogP contribution in [-0.4, -0.2) is 12.7 Å². The predicted octanol–water partition coefficient (Wildman–Crippen LogP) is 3.27. The maximum atomic E-state index is 5.77. The number of nitrogens with two attached hydrogens (primary N) is 1. The molecule has 3 heteroatoms. The zero-order valence-corrected chi connectivity index (χ0v) is 12.1. The highest BCUT2D eigenvalue weighted by Crippen LogP contribution is 2.36. The summed E-state index contributed by atoms with van der Waals surface area (Å²) in [6.07, 6.45) is 5.14. The molecule has 1 saturated carbocycles. The second-order valence-electron chi connectivity index (χ2n) is 5.34. The van der Waals surface area contributed by atoms with Gasteiger partial charge in [-0.05, 0) is 43.2 Å². The molecule has 1 fully saturated rings. The van der Waals surface area contributed by atoms with Crippen LogP contribution in [0.4, 0.5) is 0 Å². The molecule has 3 nitrogen and oxygen atoms in total. The van der Waals surface area contributed by atoms with E-state index in [1.54, 1.807) is 0 Å². The van der Waals surface area contributed by atoms with E-state index >= 15 is 0 Å². The number of hydrazine groups is 1. The standard InChI is InChI=1S/C16H26N2O/c1-3-15(19-4-2)16(18-17)14-10-8-13(9-11-14)12-6-5-7-12/h8-12,15-16,18H,3-7,17H2,1-2H3. The summed E-state index contributed by atoms with van der Waals surface area (Å²) in [5, 5.41) is 0. The van der Waals surface area contributed by atoms with Crippen LogP contribution in [0.25, 0.3) is 0 Å². The Morgan fingerprint density at radius 1 is 1.26 bits per heavy atom. The SMILES string of the molecule is CCOC(CC)C(NN)c1ccc(C2CCC2)cc1. The molecule has 0 radical (unpaired) electrons. The van der Waals surface area contributed by atoms with Crippen LogP contribution in [0.3, 0.4) is 0 Å². The van der Waals surface area contributed by atoms with Crippen LogP contribution in [0.2, 0.25) is 0 Å². The van der Waals surface area contributed by atoms with E-state index in [0.717, 1.165) is 18.9 Å². The van der Waals surface area contributed by atoms with Gasteiger partial charge in [-0.1, -0.05) is 37.6 Å². The first-order valence-corrected chi connectivity index (χ1v) is 7.47. The fourth-order valence-electron chi connectivity index (χ4n) is 2.80. The highest BCUT2D eigenvalue weighted by Gasteiger charge is 2.23. The summed E-state index contributed by atoms with van der Waals surface area (Å²) in [6, 6.07) is 8.96. The van der Waals surface area contributed by atoms with Crippen LogP contribution in [0, 0.1) is 0 Å². The van der Waals surface area contributed by atoms with Gasteiger partial charge in [-0.15, -0.1) is 0 Å². The molecule has 1 aliphatic rings. The first-order valence-electron chi connectivity index (χ1n) is 7.47. The zero-order chi connectivity index (χ0) is 13.7. The minimum absolute atomic E-state index is 0.0698. The Morgan fingerprint density at radius 3 is 2.37 bits per heavy atom. The molecule has 2 unspecified atom stereocenters. The molecule has 0 aromatic heterocycles. The van der Waals surface area contributed by atoms with Gasteiger partial charge in [0.2, 0.25) is 0 Å². The van der Waals surface area contributed by atoms with E-state index in [1.807, 2.05) is 6.92 Å². The molecule has 0 heterocycles. The van der Waals surface area contributed by atoms with Gasteiger partial charge >= 0.3 is 0 Å². The lowest BCUT2D eigenvalue weighted by Gasteiger charge is -2.28. The van der Waals surface area contributed by atoms with Crippen LogP contribution in [0.5, 0.6) is 0 Å². The van der Waals surface area contributed by atoms with Crippen LogP contribution in [0.1, 0.15) is 62.6 Å². The lowest BCUT2D eigenvalue weighted by Crippen LogP contribution is -2.37. The van der Waals surface area contributed by atoms with Crippen LogP contribution in [0.15, 0.2) is 24.3 Å². The van der Waals surface area contributed by atoms with E-state index in [2.05, 4.69) is 36.6 Å². The molecule has 0 aliphatic heterocycles. The van der Waals surface area contributed by atoms with Gasteiger partial charge in [0, 0.05) is 6.61 Å². The molecular formula is C16H26N2O. The third-order valence-corrected chi connectivity index (χ3v) is 4.21. The normalized spacial score (nSPS) is 18.9. The van der Waals surface area contributed by atoms with Crippen molar-refractivity contribution in [1.29, 1.82) is 0 Å². The van der Waals surface area contributed by atoms with E-state index in [0.29, 0.717) is 0 Å². The summed E-state index contributed by atoms with van der Waals surface area (Å²) in [7, 11) is 0. The van der Waals surface area contributed by atoms with Crippen molar-refractivity contribution >= 4 is 0 Å². The molecule has 19 heavy (non-hydrogen) atoms. The first-order chi connectivity index (χ1) is 9.30. The first kappa shape index (κ1) is 14.5. The number of hydrogen-bond acceptors (Lipinski definition) is 3. The van der Waals surface area contributed by atoms with Crippen molar-refractivity contribution in [3.05, 3.63) is 35.4 Å². The molecule has 0 spiro atoms. The Balaban J connectivity index is 2.08. The Bertz CT molecular complexity index is 373. The van der Waals surface area contributed by atoms with Gasteiger partial charge in [-0.25, -0.2) is 0 Å². The molecular weight excluding hydrogens is 236 g/mol. The highest BCUT2D eigenvalue weighted by atomic mass is 16.5. The molecule has 1 aromatic rings. The van der Waals surface area contributed by atoms with E-state index in [4.69, 9.17) is 10.6 Å². The van der Waals surface area contributed by atoms with Gasteiger partial charge in [0.05, 0.1) is 12.1 Å². The Hall–Kier alpha value is -0.900. The third kappa shape index (κ3) is 3.35. The van der Waals surface area contributed by atoms with Gasteiger partial charge < -0.3 is 4.74 Å². The van der Waals surface area contributed by atoms with Crippen molar-refractivity contribution in [2.75, 3.05) is 6.61 Å². The van der Waals surface area contributed by atoms with Gasteiger partial charge in [0.15, 0.2) is 0 Å². The molecule has 2 rings (SSSR count). The van der Waals surface area contributed by atoms with E-state index in [-0.39, 0.29) is 12.1 Å². The maximum Gasteiger partial charge on any atom is 0.0779 e. The van der Waals surface area contributed by atoms with E-state index in [9.17, 15) is 0 Å². The number of ether oxygens (including phenoxy) is 1. The van der Waals surface area contributed by atoms with Crippen molar-refractivity contribution < 1.29 is 4.74 Å². The lowest BCUT2D eigenvalue weighted by atomic mass is 9.79. The predicted molar refractivity (Wildman–Crippen MR) is 78.8 cm³/mol. The summed E-state index contributed by atoms with van der Waals surface area (Å²) in [5.74, 6) is 6.50. The summed E-state index contributed by atoms with van der Waals surface area (Å²) in [4.78, 5) is 0. The second-order valence-corrected chi connectivity index (χ2v) is 5.34. The maximum absolute atomic E-state index is 5.77. The minimum atomic E-state index is 0.0698. The zero-order valence-electron chi connectivity index (χ0n) is 12.1. The topological polar surface area (TPSA) is 47.3 Å². The van der Waals surface area contributed by atoms with Crippen LogP contribution < -0.4 is 11.3 Å². The van der Waals surface area contributed by atoms with Crippen molar-refractivity contribution in [3.63, 3.8) is 0 Å². The van der Waals surface area contributed by atoms with Gasteiger partial charge in [-0.2, -0.15) is 0 Å². The van der Waals surface area contributed by atoms with Crippen molar-refractivity contribution in [1.82, 2.24) is 5.43 Å². The molecule has 2 atom stereocenters. The van der Waals surface area contributed by atoms with Gasteiger partial charge in [-0.3, -0.25) is 11.3 Å². The third-order valence-electron chi connectivity index (χ3n) is 4.21. The molecule has 0 amide bonds. The number of benzene rings is 1. The summed E-state index contributed by atoms with van der Waals surface area (Å²) in [6.45, 7) is 4.88. The Morgan fingerprint density at radius 2 is 1.95 bits per heavy atom. The second kappa shape index (κ2) is 7.04. The van der Waals surface area contributed by atoms with Crippen LogP contribution >= 0.6 is 0 Å². The lowest BCUT2D eigenvalue weighted by molar-refractivity contribution is 0.0314. The fourth-order valence-corrected chi connectivity index (χ4v) is 2.80. The average molecular weight is 262 g/mol. The number of rotatable bonds is 7. The summed E-state index contributed by atoms with van der Waals surface area (Å²) >= 11 is 0. The van der Waals surface area contributed by atoms with Gasteiger partial charge in [0.25, 0.3) is 0 Å². The number of nitrogens with one attached hydrogen (secondary N) is 1.